The molecule has 4 heteroatoms. The van der Waals surface area contributed by atoms with Crippen molar-refractivity contribution in [3.05, 3.63) is 64.7 Å². The van der Waals surface area contributed by atoms with Gasteiger partial charge in [-0.2, -0.15) is 0 Å². The number of carbonyl (C=O) groups excluding carboxylic acids is 1. The summed E-state index contributed by atoms with van der Waals surface area (Å²) in [6.45, 7) is 1.95. The van der Waals surface area contributed by atoms with Crippen molar-refractivity contribution in [1.29, 1.82) is 0 Å². The summed E-state index contributed by atoms with van der Waals surface area (Å²) >= 11 is 7.46. The van der Waals surface area contributed by atoms with Crippen LogP contribution < -0.4 is 5.32 Å². The highest BCUT2D eigenvalue weighted by Gasteiger charge is 2.23. The SMILES string of the molecule is C[C@@H](Sc1ccc(Cl)cc1)C(=O)N[C@H]1CCCc2ccccc21. The van der Waals surface area contributed by atoms with Crippen molar-refractivity contribution in [1.82, 2.24) is 5.32 Å². The summed E-state index contributed by atoms with van der Waals surface area (Å²) < 4.78 is 0. The summed E-state index contributed by atoms with van der Waals surface area (Å²) in [4.78, 5) is 13.6. The Morgan fingerprint density at radius 1 is 1.22 bits per heavy atom. The molecule has 2 atom stereocenters. The van der Waals surface area contributed by atoms with E-state index in [1.165, 1.54) is 11.1 Å². The number of hydrogen-bond donors (Lipinski definition) is 1. The highest BCUT2D eigenvalue weighted by Crippen LogP contribution is 2.30. The van der Waals surface area contributed by atoms with Gasteiger partial charge in [0.05, 0.1) is 11.3 Å². The van der Waals surface area contributed by atoms with E-state index in [1.54, 1.807) is 11.8 Å². The molecule has 0 saturated heterocycles. The third-order valence-corrected chi connectivity index (χ3v) is 5.55. The molecule has 1 aliphatic carbocycles. The molecule has 0 aliphatic heterocycles. The molecule has 1 aliphatic rings. The topological polar surface area (TPSA) is 29.1 Å². The molecule has 120 valence electrons. The van der Waals surface area contributed by atoms with Crippen molar-refractivity contribution in [2.24, 2.45) is 0 Å². The Balaban J connectivity index is 1.64. The Morgan fingerprint density at radius 2 is 1.96 bits per heavy atom. The van der Waals surface area contributed by atoms with E-state index < -0.39 is 0 Å². The Labute approximate surface area is 146 Å². The molecule has 23 heavy (non-hydrogen) atoms. The number of rotatable bonds is 4. The second kappa shape index (κ2) is 7.41. The third-order valence-electron chi connectivity index (χ3n) is 4.18. The molecule has 0 radical (unpaired) electrons. The summed E-state index contributed by atoms with van der Waals surface area (Å²) in [7, 11) is 0. The standard InChI is InChI=1S/C19H20ClNOS/c1-13(23-16-11-9-15(20)10-12-16)19(22)21-18-8-4-6-14-5-2-3-7-17(14)18/h2-3,5,7,9-13,18H,4,6,8H2,1H3,(H,21,22)/t13-,18+/m1/s1. The average molecular weight is 346 g/mol. The molecule has 0 spiro atoms. The van der Waals surface area contributed by atoms with Crippen LogP contribution in [0.15, 0.2) is 53.4 Å². The Morgan fingerprint density at radius 3 is 2.74 bits per heavy atom. The zero-order chi connectivity index (χ0) is 16.2. The molecule has 2 aromatic rings. The maximum Gasteiger partial charge on any atom is 0.233 e. The van der Waals surface area contributed by atoms with Crippen LogP contribution in [0.1, 0.15) is 36.9 Å². The maximum absolute atomic E-state index is 12.5. The van der Waals surface area contributed by atoms with E-state index in [0.717, 1.165) is 24.2 Å². The smallest absolute Gasteiger partial charge is 0.233 e. The van der Waals surface area contributed by atoms with Crippen LogP contribution in [0.5, 0.6) is 0 Å². The second-order valence-corrected chi connectivity index (χ2v) is 7.72. The van der Waals surface area contributed by atoms with Crippen LogP contribution in [0.2, 0.25) is 5.02 Å². The molecule has 3 rings (SSSR count). The molecular weight excluding hydrogens is 326 g/mol. The lowest BCUT2D eigenvalue weighted by molar-refractivity contribution is -0.121. The normalized spacial score (nSPS) is 18.1. The van der Waals surface area contributed by atoms with Crippen LogP contribution in [0.25, 0.3) is 0 Å². The Bertz CT molecular complexity index is 686. The van der Waals surface area contributed by atoms with Gasteiger partial charge in [0.25, 0.3) is 0 Å². The molecule has 0 bridgehead atoms. The van der Waals surface area contributed by atoms with Crippen LogP contribution >= 0.6 is 23.4 Å². The minimum atomic E-state index is -0.134. The quantitative estimate of drug-likeness (QED) is 0.789. The van der Waals surface area contributed by atoms with Gasteiger partial charge >= 0.3 is 0 Å². The zero-order valence-electron chi connectivity index (χ0n) is 13.1. The fourth-order valence-corrected chi connectivity index (χ4v) is 3.97. The van der Waals surface area contributed by atoms with Crippen LogP contribution in [0.3, 0.4) is 0 Å². The monoisotopic (exact) mass is 345 g/mol. The summed E-state index contributed by atoms with van der Waals surface area (Å²) in [6, 6.07) is 16.2. The van der Waals surface area contributed by atoms with Gasteiger partial charge in [0, 0.05) is 9.92 Å². The van der Waals surface area contributed by atoms with Gasteiger partial charge in [-0.1, -0.05) is 35.9 Å². The Kier molecular flexibility index (Phi) is 5.29. The van der Waals surface area contributed by atoms with E-state index in [2.05, 4.69) is 29.6 Å². The van der Waals surface area contributed by atoms with Gasteiger partial charge in [-0.15, -0.1) is 11.8 Å². The molecule has 0 saturated carbocycles. The summed E-state index contributed by atoms with van der Waals surface area (Å²) in [5, 5.41) is 3.80. The first-order chi connectivity index (χ1) is 11.1. The van der Waals surface area contributed by atoms with E-state index in [-0.39, 0.29) is 17.2 Å². The fourth-order valence-electron chi connectivity index (χ4n) is 2.96. The zero-order valence-corrected chi connectivity index (χ0v) is 14.7. The van der Waals surface area contributed by atoms with Gasteiger partial charge in [-0.3, -0.25) is 4.79 Å². The van der Waals surface area contributed by atoms with Crippen molar-refractivity contribution >= 4 is 29.3 Å². The van der Waals surface area contributed by atoms with E-state index in [1.807, 2.05) is 31.2 Å². The number of carbonyl (C=O) groups is 1. The van der Waals surface area contributed by atoms with Gasteiger partial charge < -0.3 is 5.32 Å². The molecule has 2 nitrogen and oxygen atoms in total. The van der Waals surface area contributed by atoms with Crippen LogP contribution in [0.4, 0.5) is 0 Å². The fraction of sp³-hybridized carbons (Fsp3) is 0.316. The lowest BCUT2D eigenvalue weighted by Crippen LogP contribution is -2.35. The molecule has 0 unspecified atom stereocenters. The highest BCUT2D eigenvalue weighted by atomic mass is 35.5. The maximum atomic E-state index is 12.5. The lowest BCUT2D eigenvalue weighted by Gasteiger charge is -2.27. The molecule has 1 amide bonds. The average Bonchev–Trinajstić information content (AvgIpc) is 2.57. The van der Waals surface area contributed by atoms with Crippen molar-refractivity contribution < 1.29 is 4.79 Å². The number of thioether (sulfide) groups is 1. The number of benzene rings is 2. The predicted molar refractivity (Wildman–Crippen MR) is 97.0 cm³/mol. The number of nitrogens with one attached hydrogen (secondary N) is 1. The van der Waals surface area contributed by atoms with Gasteiger partial charge in [-0.05, 0) is 61.6 Å². The third kappa shape index (κ3) is 4.10. The summed E-state index contributed by atoms with van der Waals surface area (Å²) in [6.07, 6.45) is 3.25. The summed E-state index contributed by atoms with van der Waals surface area (Å²) in [5.74, 6) is 0.0895. The van der Waals surface area contributed by atoms with E-state index in [4.69, 9.17) is 11.6 Å². The molecule has 0 heterocycles. The molecule has 0 fully saturated rings. The number of aryl methyl sites for hydroxylation is 1. The van der Waals surface area contributed by atoms with E-state index >= 15 is 0 Å². The molecular formula is C19H20ClNOS. The van der Waals surface area contributed by atoms with Crippen molar-refractivity contribution in [3.63, 3.8) is 0 Å². The number of hydrogen-bond acceptors (Lipinski definition) is 2. The van der Waals surface area contributed by atoms with Crippen LogP contribution in [-0.2, 0) is 11.2 Å². The number of amides is 1. The van der Waals surface area contributed by atoms with E-state index in [0.29, 0.717) is 5.02 Å². The molecule has 2 aromatic carbocycles. The van der Waals surface area contributed by atoms with Gasteiger partial charge in [-0.25, -0.2) is 0 Å². The van der Waals surface area contributed by atoms with Gasteiger partial charge in [0.2, 0.25) is 5.91 Å². The van der Waals surface area contributed by atoms with Gasteiger partial charge in [0.1, 0.15) is 0 Å². The number of halogens is 1. The van der Waals surface area contributed by atoms with Crippen LogP contribution in [-0.4, -0.2) is 11.2 Å². The Hall–Kier alpha value is -1.45. The highest BCUT2D eigenvalue weighted by molar-refractivity contribution is 8.00. The van der Waals surface area contributed by atoms with E-state index in [9.17, 15) is 4.79 Å². The van der Waals surface area contributed by atoms with Crippen molar-refractivity contribution in [3.8, 4) is 0 Å². The summed E-state index contributed by atoms with van der Waals surface area (Å²) in [5.41, 5.74) is 2.64. The molecule has 1 N–H and O–H groups in total. The predicted octanol–water partition coefficient (Wildman–Crippen LogP) is 5.01. The first-order valence-electron chi connectivity index (χ1n) is 7.94. The first kappa shape index (κ1) is 16.4. The van der Waals surface area contributed by atoms with Gasteiger partial charge in [0.15, 0.2) is 0 Å². The molecule has 0 aromatic heterocycles. The minimum absolute atomic E-state index is 0.0895. The van der Waals surface area contributed by atoms with Crippen molar-refractivity contribution in [2.45, 2.75) is 42.4 Å². The van der Waals surface area contributed by atoms with Crippen LogP contribution in [0, 0.1) is 0 Å². The second-order valence-electron chi connectivity index (χ2n) is 5.87. The number of fused-ring (bicyclic) bond motifs is 1. The first-order valence-corrected chi connectivity index (χ1v) is 9.19. The van der Waals surface area contributed by atoms with Crippen molar-refractivity contribution in [2.75, 3.05) is 0 Å². The lowest BCUT2D eigenvalue weighted by atomic mass is 9.88. The minimum Gasteiger partial charge on any atom is -0.348 e. The largest absolute Gasteiger partial charge is 0.348 e.